The van der Waals surface area contributed by atoms with Crippen molar-refractivity contribution >= 4 is 22.1 Å². The van der Waals surface area contributed by atoms with E-state index in [1.54, 1.807) is 0 Å². The van der Waals surface area contributed by atoms with E-state index in [1.165, 1.54) is 18.2 Å². The minimum atomic E-state index is -4.43. The highest BCUT2D eigenvalue weighted by Crippen LogP contribution is 2.30. The zero-order chi connectivity index (χ0) is 22.9. The summed E-state index contributed by atoms with van der Waals surface area (Å²) >= 11 is 0. The maximum atomic E-state index is 12.6. The van der Waals surface area contributed by atoms with Crippen molar-refractivity contribution in [1.82, 2.24) is 4.72 Å². The number of rotatable bonds is 10. The number of alkyl halides is 3. The first-order valence-corrected chi connectivity index (χ1v) is 11.9. The third-order valence-electron chi connectivity index (χ3n) is 5.27. The van der Waals surface area contributed by atoms with Crippen molar-refractivity contribution < 1.29 is 31.5 Å². The van der Waals surface area contributed by atoms with E-state index in [4.69, 9.17) is 5.11 Å². The molecule has 2 rings (SSSR count). The average Bonchev–Trinajstić information content (AvgIpc) is 2.69. The molecule has 9 heteroatoms. The summed E-state index contributed by atoms with van der Waals surface area (Å²) in [5, 5.41) is 9.63. The lowest BCUT2D eigenvalue weighted by atomic mass is 9.83. The largest absolute Gasteiger partial charge is 0.481 e. The molecule has 172 valence electrons. The van der Waals surface area contributed by atoms with Crippen LogP contribution in [-0.2, 0) is 21.0 Å². The second kappa shape index (κ2) is 11.5. The molecule has 0 bridgehead atoms. The molecule has 1 fully saturated rings. The van der Waals surface area contributed by atoms with Gasteiger partial charge in [-0.05, 0) is 61.8 Å². The van der Waals surface area contributed by atoms with Crippen molar-refractivity contribution in [3.63, 3.8) is 0 Å². The summed E-state index contributed by atoms with van der Waals surface area (Å²) < 4.78 is 65.5. The van der Waals surface area contributed by atoms with E-state index in [2.05, 4.69) is 4.72 Å². The second-order valence-electron chi connectivity index (χ2n) is 7.73. The van der Waals surface area contributed by atoms with Gasteiger partial charge in [0.2, 0.25) is 10.0 Å². The van der Waals surface area contributed by atoms with E-state index >= 15 is 0 Å². The first-order valence-electron chi connectivity index (χ1n) is 10.3. The number of unbranched alkanes of at least 4 members (excludes halogenated alkanes) is 1. The van der Waals surface area contributed by atoms with Crippen LogP contribution in [0.1, 0.15) is 62.5 Å². The van der Waals surface area contributed by atoms with Gasteiger partial charge >= 0.3 is 12.1 Å². The Morgan fingerprint density at radius 2 is 1.81 bits per heavy atom. The number of benzene rings is 1. The van der Waals surface area contributed by atoms with Crippen LogP contribution < -0.4 is 4.72 Å². The summed E-state index contributed by atoms with van der Waals surface area (Å²) in [4.78, 5) is 10.5. The van der Waals surface area contributed by atoms with Crippen molar-refractivity contribution in [3.05, 3.63) is 53.0 Å². The van der Waals surface area contributed by atoms with Gasteiger partial charge in [0.1, 0.15) is 0 Å². The maximum Gasteiger partial charge on any atom is 0.416 e. The van der Waals surface area contributed by atoms with Crippen molar-refractivity contribution in [3.8, 4) is 0 Å². The molecule has 0 aliphatic heterocycles. The van der Waals surface area contributed by atoms with Crippen LogP contribution in [0, 0.1) is 5.92 Å². The highest BCUT2D eigenvalue weighted by atomic mass is 32.2. The predicted molar refractivity (Wildman–Crippen MR) is 114 cm³/mol. The van der Waals surface area contributed by atoms with Crippen LogP contribution in [0.5, 0.6) is 0 Å². The van der Waals surface area contributed by atoms with E-state index in [9.17, 15) is 26.4 Å². The minimum Gasteiger partial charge on any atom is -0.481 e. The number of carbonyl (C=O) groups is 1. The van der Waals surface area contributed by atoms with Gasteiger partial charge in [0.25, 0.3) is 0 Å². The SMILES string of the molecule is O=C(O)CCCC=CCC1CCCCC1NS(=O)(=O)C=Cc1ccc(C(F)(F)F)cc1. The Hall–Kier alpha value is -2.13. The molecule has 0 aromatic heterocycles. The molecule has 5 nitrogen and oxygen atoms in total. The quantitative estimate of drug-likeness (QED) is 0.365. The summed E-state index contributed by atoms with van der Waals surface area (Å²) in [5.74, 6) is -0.668. The van der Waals surface area contributed by atoms with Gasteiger partial charge in [-0.1, -0.05) is 37.1 Å². The minimum absolute atomic E-state index is 0.126. The smallest absolute Gasteiger partial charge is 0.416 e. The molecular formula is C22H28F3NO4S. The van der Waals surface area contributed by atoms with Gasteiger partial charge in [-0.2, -0.15) is 13.2 Å². The third-order valence-corrected chi connectivity index (χ3v) is 6.39. The number of sulfonamides is 1. The van der Waals surface area contributed by atoms with Crippen LogP contribution >= 0.6 is 0 Å². The fourth-order valence-corrected chi connectivity index (χ4v) is 4.75. The topological polar surface area (TPSA) is 83.5 Å². The van der Waals surface area contributed by atoms with Gasteiger partial charge in [-0.15, -0.1) is 0 Å². The average molecular weight is 460 g/mol. The van der Waals surface area contributed by atoms with Gasteiger partial charge < -0.3 is 5.11 Å². The molecule has 31 heavy (non-hydrogen) atoms. The number of allylic oxidation sites excluding steroid dienone is 2. The summed E-state index contributed by atoms with van der Waals surface area (Å²) in [6, 6.07) is 4.08. The van der Waals surface area contributed by atoms with Gasteiger partial charge in [0.05, 0.1) is 5.56 Å². The Labute approximate surface area is 181 Å². The number of hydrogen-bond donors (Lipinski definition) is 2. The summed E-state index contributed by atoms with van der Waals surface area (Å²) in [7, 11) is -3.74. The molecule has 2 N–H and O–H groups in total. The number of carboxylic acids is 1. The maximum absolute atomic E-state index is 12.6. The number of hydrogen-bond acceptors (Lipinski definition) is 3. The van der Waals surface area contributed by atoms with Gasteiger partial charge in [0, 0.05) is 17.9 Å². The zero-order valence-electron chi connectivity index (χ0n) is 17.1. The molecule has 1 aliphatic carbocycles. The van der Waals surface area contributed by atoms with Crippen molar-refractivity contribution in [2.24, 2.45) is 5.92 Å². The van der Waals surface area contributed by atoms with Crippen LogP contribution in [0.2, 0.25) is 0 Å². The predicted octanol–water partition coefficient (Wildman–Crippen LogP) is 5.36. The standard InChI is InChI=1S/C22H28F3NO4S/c23-22(24,25)19-13-11-17(12-14-19)15-16-31(29,30)26-20-9-6-5-8-18(20)7-3-1-2-4-10-21(27)28/h1,3,11-16,18,20,26H,2,4-10H2,(H,27,28). The molecule has 2 atom stereocenters. The lowest BCUT2D eigenvalue weighted by Gasteiger charge is -2.31. The van der Waals surface area contributed by atoms with Crippen molar-refractivity contribution in [2.45, 2.75) is 63.6 Å². The third kappa shape index (κ3) is 9.26. The normalized spacial score (nSPS) is 20.5. The Balaban J connectivity index is 1.92. The lowest BCUT2D eigenvalue weighted by molar-refractivity contribution is -0.138. The Morgan fingerprint density at radius 1 is 1.13 bits per heavy atom. The molecule has 0 spiro atoms. The van der Waals surface area contributed by atoms with Crippen LogP contribution in [0.15, 0.2) is 41.8 Å². The first-order chi connectivity index (χ1) is 14.6. The van der Waals surface area contributed by atoms with Gasteiger partial charge in [-0.3, -0.25) is 4.79 Å². The van der Waals surface area contributed by atoms with Crippen LogP contribution in [-0.4, -0.2) is 25.5 Å². The highest BCUT2D eigenvalue weighted by molar-refractivity contribution is 7.92. The Kier molecular flexibility index (Phi) is 9.31. The lowest BCUT2D eigenvalue weighted by Crippen LogP contribution is -2.41. The van der Waals surface area contributed by atoms with Gasteiger partial charge in [-0.25, -0.2) is 13.1 Å². The van der Waals surface area contributed by atoms with E-state index in [1.807, 2.05) is 12.2 Å². The highest BCUT2D eigenvalue weighted by Gasteiger charge is 2.30. The molecule has 0 heterocycles. The van der Waals surface area contributed by atoms with E-state index in [-0.39, 0.29) is 18.4 Å². The molecule has 1 saturated carbocycles. The van der Waals surface area contributed by atoms with Crippen LogP contribution in [0.25, 0.3) is 6.08 Å². The van der Waals surface area contributed by atoms with E-state index in [0.29, 0.717) is 24.8 Å². The second-order valence-corrected chi connectivity index (χ2v) is 9.33. The molecule has 2 unspecified atom stereocenters. The van der Waals surface area contributed by atoms with E-state index < -0.39 is 27.7 Å². The number of nitrogens with one attached hydrogen (secondary N) is 1. The first kappa shape index (κ1) is 25.1. The van der Waals surface area contributed by atoms with Gasteiger partial charge in [0.15, 0.2) is 0 Å². The van der Waals surface area contributed by atoms with Crippen molar-refractivity contribution in [2.75, 3.05) is 0 Å². The fraction of sp³-hybridized carbons (Fsp3) is 0.500. The summed E-state index contributed by atoms with van der Waals surface area (Å²) in [6.45, 7) is 0. The Bertz CT molecular complexity index is 877. The molecule has 1 aromatic rings. The summed E-state index contributed by atoms with van der Waals surface area (Å²) in [6.07, 6.45) is 6.42. The number of carboxylic acid groups (broad SMARTS) is 1. The van der Waals surface area contributed by atoms with Crippen LogP contribution in [0.3, 0.4) is 0 Å². The zero-order valence-corrected chi connectivity index (χ0v) is 18.0. The monoisotopic (exact) mass is 459 g/mol. The van der Waals surface area contributed by atoms with E-state index in [0.717, 1.165) is 43.2 Å². The number of halogens is 3. The molecule has 0 radical (unpaired) electrons. The molecule has 0 saturated heterocycles. The molecule has 1 aromatic carbocycles. The van der Waals surface area contributed by atoms with Crippen molar-refractivity contribution in [1.29, 1.82) is 0 Å². The van der Waals surface area contributed by atoms with Crippen LogP contribution in [0.4, 0.5) is 13.2 Å². The number of aliphatic carboxylic acids is 1. The fourth-order valence-electron chi connectivity index (χ4n) is 3.61. The summed E-state index contributed by atoms with van der Waals surface area (Å²) in [5.41, 5.74) is -0.422. The Morgan fingerprint density at radius 3 is 2.45 bits per heavy atom. The molecule has 1 aliphatic rings. The molecular weight excluding hydrogens is 431 g/mol. The molecule has 0 amide bonds.